The summed E-state index contributed by atoms with van der Waals surface area (Å²) in [5.41, 5.74) is 2.11. The third kappa shape index (κ3) is 3.33. The monoisotopic (exact) mass is 398 g/mol. The van der Waals surface area contributed by atoms with E-state index in [9.17, 15) is 9.59 Å². The second-order valence-corrected chi connectivity index (χ2v) is 7.09. The van der Waals surface area contributed by atoms with Crippen molar-refractivity contribution in [2.45, 2.75) is 19.4 Å². The van der Waals surface area contributed by atoms with Crippen molar-refractivity contribution in [1.29, 1.82) is 0 Å². The zero-order chi connectivity index (χ0) is 20.5. The Morgan fingerprint density at radius 2 is 1.70 bits per heavy atom. The van der Waals surface area contributed by atoms with Crippen LogP contribution in [0.25, 0.3) is 32.8 Å². The molecule has 148 valence electrons. The van der Waals surface area contributed by atoms with E-state index in [4.69, 9.17) is 9.15 Å². The molecule has 0 fully saturated rings. The normalized spacial score (nSPS) is 11.3. The topological polar surface area (TPSA) is 74.3 Å². The van der Waals surface area contributed by atoms with Crippen molar-refractivity contribution in [2.24, 2.45) is 0 Å². The minimum absolute atomic E-state index is 0.105. The first-order chi connectivity index (χ1) is 14.7. The zero-order valence-electron chi connectivity index (χ0n) is 16.1. The Kier molecular flexibility index (Phi) is 4.52. The van der Waals surface area contributed by atoms with Crippen molar-refractivity contribution >= 4 is 38.8 Å². The SMILES string of the molecule is O=C(CCCn1cnc2ccccc2c1=O)Oc1ccc2oc3ccccc3c2c1. The van der Waals surface area contributed by atoms with E-state index < -0.39 is 0 Å². The van der Waals surface area contributed by atoms with Crippen molar-refractivity contribution in [2.75, 3.05) is 0 Å². The van der Waals surface area contributed by atoms with Crippen molar-refractivity contribution < 1.29 is 13.9 Å². The molecule has 0 aliphatic rings. The van der Waals surface area contributed by atoms with Gasteiger partial charge in [-0.05, 0) is 42.8 Å². The number of ether oxygens (including phenoxy) is 1. The lowest BCUT2D eigenvalue weighted by molar-refractivity contribution is -0.134. The summed E-state index contributed by atoms with van der Waals surface area (Å²) in [4.78, 5) is 29.1. The molecule has 6 heteroatoms. The molecule has 5 rings (SSSR count). The maximum Gasteiger partial charge on any atom is 0.311 e. The first kappa shape index (κ1) is 18.1. The predicted molar refractivity (Wildman–Crippen MR) is 115 cm³/mol. The minimum Gasteiger partial charge on any atom is -0.456 e. The van der Waals surface area contributed by atoms with Gasteiger partial charge in [0.2, 0.25) is 0 Å². The molecule has 0 saturated heterocycles. The number of hydrogen-bond acceptors (Lipinski definition) is 5. The number of aryl methyl sites for hydroxylation is 1. The van der Waals surface area contributed by atoms with E-state index in [0.29, 0.717) is 29.6 Å². The van der Waals surface area contributed by atoms with Crippen LogP contribution in [0.1, 0.15) is 12.8 Å². The van der Waals surface area contributed by atoms with E-state index in [1.165, 1.54) is 10.9 Å². The summed E-state index contributed by atoms with van der Waals surface area (Å²) in [6.07, 6.45) is 2.20. The zero-order valence-corrected chi connectivity index (χ0v) is 16.1. The van der Waals surface area contributed by atoms with Crippen LogP contribution in [0.3, 0.4) is 0 Å². The summed E-state index contributed by atoms with van der Waals surface area (Å²) in [5.74, 6) is 0.132. The van der Waals surface area contributed by atoms with Gasteiger partial charge in [-0.2, -0.15) is 0 Å². The fraction of sp³-hybridized carbons (Fsp3) is 0.125. The van der Waals surface area contributed by atoms with Crippen molar-refractivity contribution in [1.82, 2.24) is 9.55 Å². The Labute approximate surface area is 171 Å². The van der Waals surface area contributed by atoms with Crippen LogP contribution in [0.5, 0.6) is 5.75 Å². The number of carbonyl (C=O) groups is 1. The average Bonchev–Trinajstić information content (AvgIpc) is 3.13. The molecule has 30 heavy (non-hydrogen) atoms. The van der Waals surface area contributed by atoms with Crippen LogP contribution >= 0.6 is 0 Å². The summed E-state index contributed by atoms with van der Waals surface area (Å²) in [7, 11) is 0. The lowest BCUT2D eigenvalue weighted by Crippen LogP contribution is -2.21. The van der Waals surface area contributed by atoms with Crippen LogP contribution in [-0.4, -0.2) is 15.5 Å². The average molecular weight is 398 g/mol. The second kappa shape index (κ2) is 7.48. The molecule has 5 aromatic rings. The Hall–Kier alpha value is -3.93. The number of benzene rings is 3. The molecule has 6 nitrogen and oxygen atoms in total. The number of esters is 1. The highest BCUT2D eigenvalue weighted by Crippen LogP contribution is 2.31. The number of furan rings is 1. The van der Waals surface area contributed by atoms with Gasteiger partial charge in [0.1, 0.15) is 16.9 Å². The van der Waals surface area contributed by atoms with Gasteiger partial charge in [-0.1, -0.05) is 30.3 Å². The van der Waals surface area contributed by atoms with Gasteiger partial charge in [0.25, 0.3) is 5.56 Å². The quantitative estimate of drug-likeness (QED) is 0.317. The number of aromatic nitrogens is 2. The molecule has 0 atom stereocenters. The molecule has 0 unspecified atom stereocenters. The Morgan fingerprint density at radius 3 is 2.60 bits per heavy atom. The van der Waals surface area contributed by atoms with Gasteiger partial charge in [0.05, 0.1) is 17.2 Å². The van der Waals surface area contributed by atoms with Crippen molar-refractivity contribution in [3.8, 4) is 5.75 Å². The maximum absolute atomic E-state index is 12.5. The van der Waals surface area contributed by atoms with Crippen LogP contribution in [0, 0.1) is 0 Å². The molecular weight excluding hydrogens is 380 g/mol. The molecule has 2 aromatic heterocycles. The molecule has 0 saturated carbocycles. The van der Waals surface area contributed by atoms with Crippen molar-refractivity contribution in [3.63, 3.8) is 0 Å². The van der Waals surface area contributed by atoms with Gasteiger partial charge in [-0.3, -0.25) is 14.2 Å². The Balaban J connectivity index is 1.26. The van der Waals surface area contributed by atoms with Gasteiger partial charge in [0.15, 0.2) is 0 Å². The molecule has 0 bridgehead atoms. The number of fused-ring (bicyclic) bond motifs is 4. The standard InChI is InChI=1S/C24H18N2O4/c27-23(10-5-13-26-15-25-20-8-3-1-7-18(20)24(26)28)29-16-11-12-22-19(14-16)17-6-2-4-9-21(17)30-22/h1-4,6-9,11-12,14-15H,5,10,13H2. The smallest absolute Gasteiger partial charge is 0.311 e. The van der Waals surface area contributed by atoms with Crippen LogP contribution in [-0.2, 0) is 11.3 Å². The molecule has 0 aliphatic carbocycles. The third-order valence-electron chi connectivity index (χ3n) is 5.09. The summed E-state index contributed by atoms with van der Waals surface area (Å²) in [5, 5.41) is 2.46. The fourth-order valence-electron chi connectivity index (χ4n) is 3.61. The number of nitrogens with zero attached hydrogens (tertiary/aromatic N) is 2. The number of para-hydroxylation sites is 2. The van der Waals surface area contributed by atoms with E-state index in [1.54, 1.807) is 24.3 Å². The van der Waals surface area contributed by atoms with Crippen LogP contribution in [0.4, 0.5) is 0 Å². The van der Waals surface area contributed by atoms with Crippen LogP contribution in [0.2, 0.25) is 0 Å². The van der Waals surface area contributed by atoms with Crippen molar-refractivity contribution in [3.05, 3.63) is 83.4 Å². The summed E-state index contributed by atoms with van der Waals surface area (Å²) < 4.78 is 12.8. The van der Waals surface area contributed by atoms with E-state index in [1.807, 2.05) is 42.5 Å². The molecule has 0 spiro atoms. The molecule has 0 N–H and O–H groups in total. The van der Waals surface area contributed by atoms with E-state index in [2.05, 4.69) is 4.98 Å². The Morgan fingerprint density at radius 1 is 0.933 bits per heavy atom. The highest BCUT2D eigenvalue weighted by Gasteiger charge is 2.11. The molecular formula is C24H18N2O4. The third-order valence-corrected chi connectivity index (χ3v) is 5.09. The number of carbonyl (C=O) groups excluding carboxylic acids is 1. The van der Waals surface area contributed by atoms with E-state index in [-0.39, 0.29) is 17.9 Å². The fourth-order valence-corrected chi connectivity index (χ4v) is 3.61. The lowest BCUT2D eigenvalue weighted by Gasteiger charge is -2.07. The van der Waals surface area contributed by atoms with Gasteiger partial charge in [-0.25, -0.2) is 4.98 Å². The second-order valence-electron chi connectivity index (χ2n) is 7.09. The Bertz CT molecular complexity index is 1450. The summed E-state index contributed by atoms with van der Waals surface area (Å²) in [6.45, 7) is 0.400. The maximum atomic E-state index is 12.5. The van der Waals surface area contributed by atoms with Crippen LogP contribution < -0.4 is 10.3 Å². The summed E-state index contributed by atoms with van der Waals surface area (Å²) >= 11 is 0. The molecule has 2 heterocycles. The van der Waals surface area contributed by atoms with Gasteiger partial charge >= 0.3 is 5.97 Å². The van der Waals surface area contributed by atoms with E-state index >= 15 is 0 Å². The largest absolute Gasteiger partial charge is 0.456 e. The van der Waals surface area contributed by atoms with Gasteiger partial charge < -0.3 is 9.15 Å². The number of rotatable bonds is 5. The van der Waals surface area contributed by atoms with Gasteiger partial charge in [0, 0.05) is 23.7 Å². The highest BCUT2D eigenvalue weighted by atomic mass is 16.5. The lowest BCUT2D eigenvalue weighted by atomic mass is 10.1. The highest BCUT2D eigenvalue weighted by molar-refractivity contribution is 6.05. The molecule has 0 aliphatic heterocycles. The first-order valence-corrected chi connectivity index (χ1v) is 9.75. The van der Waals surface area contributed by atoms with Crippen LogP contribution in [0.15, 0.2) is 82.3 Å². The molecule has 0 radical (unpaired) electrons. The van der Waals surface area contributed by atoms with Gasteiger partial charge in [-0.15, -0.1) is 0 Å². The van der Waals surface area contributed by atoms with E-state index in [0.717, 1.165) is 21.9 Å². The minimum atomic E-state index is -0.344. The molecule has 3 aromatic carbocycles. The predicted octanol–water partition coefficient (Wildman–Crippen LogP) is 4.68. The molecule has 0 amide bonds. The number of hydrogen-bond donors (Lipinski definition) is 0. The summed E-state index contributed by atoms with van der Waals surface area (Å²) in [6, 6.07) is 20.3. The first-order valence-electron chi connectivity index (χ1n) is 9.75.